The van der Waals surface area contributed by atoms with E-state index in [9.17, 15) is 4.79 Å². The first-order valence-electron chi connectivity index (χ1n) is 7.05. The molecule has 0 spiro atoms. The minimum absolute atomic E-state index is 0.281. The van der Waals surface area contributed by atoms with Crippen LogP contribution in [0.25, 0.3) is 0 Å². The van der Waals surface area contributed by atoms with E-state index in [1.54, 1.807) is 0 Å². The summed E-state index contributed by atoms with van der Waals surface area (Å²) in [7, 11) is 0. The molecule has 0 N–H and O–H groups in total. The number of hydrogen-bond donors (Lipinski definition) is 0. The lowest BCUT2D eigenvalue weighted by atomic mass is 9.97. The second-order valence-electron chi connectivity index (χ2n) is 5.15. The average Bonchev–Trinajstić information content (AvgIpc) is 2.89. The highest BCUT2D eigenvalue weighted by molar-refractivity contribution is 5.96. The second kappa shape index (κ2) is 6.58. The van der Waals surface area contributed by atoms with Gasteiger partial charge in [0.25, 0.3) is 0 Å². The fourth-order valence-corrected chi connectivity index (χ4v) is 2.55. The van der Waals surface area contributed by atoms with Crippen LogP contribution in [-0.2, 0) is 0 Å². The zero-order valence-electron chi connectivity index (χ0n) is 11.2. The van der Waals surface area contributed by atoms with Crippen molar-refractivity contribution in [3.8, 4) is 5.75 Å². The summed E-state index contributed by atoms with van der Waals surface area (Å²) in [4.78, 5) is 12.1. The van der Waals surface area contributed by atoms with Crippen LogP contribution < -0.4 is 4.74 Å². The minimum atomic E-state index is 0.281. The maximum Gasteiger partial charge on any atom is 0.163 e. The molecule has 2 rings (SSSR count). The molecule has 18 heavy (non-hydrogen) atoms. The highest BCUT2D eigenvalue weighted by Crippen LogP contribution is 2.28. The van der Waals surface area contributed by atoms with Gasteiger partial charge in [-0.1, -0.05) is 32.6 Å². The van der Waals surface area contributed by atoms with Gasteiger partial charge in [0.2, 0.25) is 0 Å². The summed E-state index contributed by atoms with van der Waals surface area (Å²) in [5.74, 6) is 1.76. The van der Waals surface area contributed by atoms with Crippen molar-refractivity contribution < 1.29 is 9.53 Å². The molecule has 0 radical (unpaired) electrons. The molecule has 2 heteroatoms. The maximum absolute atomic E-state index is 12.1. The molecule has 0 atom stereocenters. The first-order valence-corrected chi connectivity index (χ1v) is 7.05. The van der Waals surface area contributed by atoms with Gasteiger partial charge in [0.05, 0.1) is 6.61 Å². The van der Waals surface area contributed by atoms with Crippen LogP contribution in [0.3, 0.4) is 0 Å². The zero-order valence-corrected chi connectivity index (χ0v) is 11.2. The zero-order chi connectivity index (χ0) is 12.8. The minimum Gasteiger partial charge on any atom is -0.494 e. The van der Waals surface area contributed by atoms with Crippen LogP contribution in [0, 0.1) is 5.92 Å². The highest BCUT2D eigenvalue weighted by atomic mass is 16.5. The number of carbonyl (C=O) groups excluding carboxylic acids is 1. The molecule has 1 aliphatic carbocycles. The van der Waals surface area contributed by atoms with Crippen molar-refractivity contribution in [2.45, 2.75) is 45.4 Å². The highest BCUT2D eigenvalue weighted by Gasteiger charge is 2.19. The number of benzene rings is 1. The summed E-state index contributed by atoms with van der Waals surface area (Å²) < 4.78 is 5.51. The molecule has 0 aromatic heterocycles. The molecule has 1 aromatic rings. The Balaban J connectivity index is 1.89. The summed E-state index contributed by atoms with van der Waals surface area (Å²) in [6.07, 6.45) is 6.76. The van der Waals surface area contributed by atoms with E-state index in [0.29, 0.717) is 5.92 Å². The normalized spacial score (nSPS) is 15.8. The van der Waals surface area contributed by atoms with Gasteiger partial charge in [-0.05, 0) is 36.6 Å². The molecule has 0 aliphatic heterocycles. The van der Waals surface area contributed by atoms with E-state index >= 15 is 0 Å². The van der Waals surface area contributed by atoms with Crippen molar-refractivity contribution >= 4 is 5.78 Å². The van der Waals surface area contributed by atoms with Crippen molar-refractivity contribution in [1.29, 1.82) is 0 Å². The van der Waals surface area contributed by atoms with Crippen molar-refractivity contribution in [2.75, 3.05) is 6.61 Å². The maximum atomic E-state index is 12.1. The van der Waals surface area contributed by atoms with Crippen molar-refractivity contribution in [1.82, 2.24) is 0 Å². The molecule has 1 aliphatic rings. The van der Waals surface area contributed by atoms with Gasteiger partial charge >= 0.3 is 0 Å². The van der Waals surface area contributed by atoms with Gasteiger partial charge in [-0.2, -0.15) is 0 Å². The Bertz CT molecular complexity index is 375. The van der Waals surface area contributed by atoms with E-state index in [1.807, 2.05) is 24.3 Å². The van der Waals surface area contributed by atoms with E-state index < -0.39 is 0 Å². The lowest BCUT2D eigenvalue weighted by Gasteiger charge is -2.08. The van der Waals surface area contributed by atoms with Crippen LogP contribution in [0.4, 0.5) is 0 Å². The van der Waals surface area contributed by atoms with E-state index in [2.05, 4.69) is 6.92 Å². The standard InChI is InChI=1S/C16H22O2/c1-2-11-18-15-9-7-14(8-10-15)16(17)12-13-5-3-4-6-13/h7-10,13H,2-6,11-12H2,1H3. The molecule has 0 amide bonds. The number of hydrogen-bond acceptors (Lipinski definition) is 2. The monoisotopic (exact) mass is 246 g/mol. The van der Waals surface area contributed by atoms with Crippen LogP contribution in [0.1, 0.15) is 55.8 Å². The van der Waals surface area contributed by atoms with Crippen molar-refractivity contribution in [2.24, 2.45) is 5.92 Å². The summed E-state index contributed by atoms with van der Waals surface area (Å²) in [5.41, 5.74) is 0.825. The Kier molecular flexibility index (Phi) is 4.80. The van der Waals surface area contributed by atoms with Gasteiger partial charge in [-0.25, -0.2) is 0 Å². The first-order chi connectivity index (χ1) is 8.79. The van der Waals surface area contributed by atoms with E-state index in [1.165, 1.54) is 25.7 Å². The van der Waals surface area contributed by atoms with E-state index in [4.69, 9.17) is 4.74 Å². The van der Waals surface area contributed by atoms with Gasteiger partial charge in [0.15, 0.2) is 5.78 Å². The Morgan fingerprint density at radius 2 is 1.89 bits per heavy atom. The predicted molar refractivity (Wildman–Crippen MR) is 73.1 cm³/mol. The van der Waals surface area contributed by atoms with Crippen molar-refractivity contribution in [3.05, 3.63) is 29.8 Å². The molecule has 0 heterocycles. The second-order valence-corrected chi connectivity index (χ2v) is 5.15. The first kappa shape index (κ1) is 13.1. The molecular weight excluding hydrogens is 224 g/mol. The van der Waals surface area contributed by atoms with Crippen LogP contribution in [0.2, 0.25) is 0 Å². The van der Waals surface area contributed by atoms with Crippen LogP contribution in [-0.4, -0.2) is 12.4 Å². The lowest BCUT2D eigenvalue weighted by Crippen LogP contribution is -2.05. The van der Waals surface area contributed by atoms with Crippen LogP contribution >= 0.6 is 0 Å². The molecule has 1 fully saturated rings. The number of Topliss-reactive ketones (excluding diaryl/α,β-unsaturated/α-hetero) is 1. The SMILES string of the molecule is CCCOc1ccc(C(=O)CC2CCCC2)cc1. The quantitative estimate of drug-likeness (QED) is 0.702. The van der Waals surface area contributed by atoms with Gasteiger partial charge in [-0.3, -0.25) is 4.79 Å². The number of rotatable bonds is 6. The van der Waals surface area contributed by atoms with Crippen LogP contribution in [0.5, 0.6) is 5.75 Å². The van der Waals surface area contributed by atoms with Gasteiger partial charge in [0, 0.05) is 12.0 Å². The molecule has 1 saturated carbocycles. The summed E-state index contributed by atoms with van der Waals surface area (Å²) >= 11 is 0. The van der Waals surface area contributed by atoms with Gasteiger partial charge in [-0.15, -0.1) is 0 Å². The average molecular weight is 246 g/mol. The van der Waals surface area contributed by atoms with Crippen LogP contribution in [0.15, 0.2) is 24.3 Å². The van der Waals surface area contributed by atoms with E-state index in [0.717, 1.165) is 30.8 Å². The lowest BCUT2D eigenvalue weighted by molar-refractivity contribution is 0.0962. The molecular formula is C16H22O2. The Morgan fingerprint density at radius 3 is 2.50 bits per heavy atom. The topological polar surface area (TPSA) is 26.3 Å². The number of ketones is 1. The third-order valence-corrected chi connectivity index (χ3v) is 3.60. The Morgan fingerprint density at radius 1 is 1.22 bits per heavy atom. The molecule has 0 bridgehead atoms. The third kappa shape index (κ3) is 3.59. The predicted octanol–water partition coefficient (Wildman–Crippen LogP) is 4.24. The van der Waals surface area contributed by atoms with Gasteiger partial charge in [0.1, 0.15) is 5.75 Å². The van der Waals surface area contributed by atoms with Crippen molar-refractivity contribution in [3.63, 3.8) is 0 Å². The molecule has 1 aromatic carbocycles. The number of carbonyl (C=O) groups is 1. The number of ether oxygens (including phenoxy) is 1. The van der Waals surface area contributed by atoms with Gasteiger partial charge < -0.3 is 4.74 Å². The molecule has 0 saturated heterocycles. The van der Waals surface area contributed by atoms with E-state index in [-0.39, 0.29) is 5.78 Å². The summed E-state index contributed by atoms with van der Waals surface area (Å²) in [5, 5.41) is 0. The summed E-state index contributed by atoms with van der Waals surface area (Å²) in [6.45, 7) is 2.81. The molecule has 2 nitrogen and oxygen atoms in total. The largest absolute Gasteiger partial charge is 0.494 e. The fraction of sp³-hybridized carbons (Fsp3) is 0.562. The fourth-order valence-electron chi connectivity index (χ4n) is 2.55. The smallest absolute Gasteiger partial charge is 0.163 e. The third-order valence-electron chi connectivity index (χ3n) is 3.60. The molecule has 0 unspecified atom stereocenters. The Labute approximate surface area is 109 Å². The molecule has 98 valence electrons. The Hall–Kier alpha value is -1.31. The summed E-state index contributed by atoms with van der Waals surface area (Å²) in [6, 6.07) is 7.58.